The minimum absolute atomic E-state index is 0.0612. The van der Waals surface area contributed by atoms with E-state index in [-0.39, 0.29) is 31.3 Å². The van der Waals surface area contributed by atoms with Crippen molar-refractivity contribution in [1.82, 2.24) is 14.3 Å². The number of nitrogens with zero attached hydrogens (tertiary/aromatic N) is 1. The second-order valence-corrected chi connectivity index (χ2v) is 9.54. The minimum Gasteiger partial charge on any atom is -0.391 e. The third-order valence-electron chi connectivity index (χ3n) is 5.98. The first kappa shape index (κ1) is 21.7. The first-order valence-corrected chi connectivity index (χ1v) is 10.9. The molecule has 0 aromatic rings. The highest BCUT2D eigenvalue weighted by Gasteiger charge is 2.53. The number of amides is 1. The van der Waals surface area contributed by atoms with Gasteiger partial charge in [0.15, 0.2) is 0 Å². The third kappa shape index (κ3) is 4.77. The number of fused-ring (bicyclic) bond motifs is 1. The molecule has 0 spiro atoms. The van der Waals surface area contributed by atoms with Crippen LogP contribution in [-0.2, 0) is 15.0 Å². The van der Waals surface area contributed by atoms with Crippen LogP contribution in [0.1, 0.15) is 38.5 Å². The molecule has 162 valence electrons. The van der Waals surface area contributed by atoms with Crippen molar-refractivity contribution in [3.8, 4) is 0 Å². The summed E-state index contributed by atoms with van der Waals surface area (Å²) < 4.78 is 78.6. The SMILES string of the molecule is O=C1CN(C2C(O)CC3CC[C@H](NCCCC(F)(F)F)CC3C2F)S(=O)(=O)N1. The monoisotopic (exact) mass is 431 g/mol. The lowest BCUT2D eigenvalue weighted by Crippen LogP contribution is -2.59. The molecule has 1 heterocycles. The van der Waals surface area contributed by atoms with Gasteiger partial charge < -0.3 is 10.4 Å². The Bertz CT molecular complexity index is 690. The summed E-state index contributed by atoms with van der Waals surface area (Å²) in [4.78, 5) is 11.5. The molecule has 0 radical (unpaired) electrons. The van der Waals surface area contributed by atoms with Gasteiger partial charge in [-0.25, -0.2) is 9.11 Å². The topological polar surface area (TPSA) is 98.7 Å². The summed E-state index contributed by atoms with van der Waals surface area (Å²) in [6.07, 6.45) is -6.16. The molecule has 1 amide bonds. The van der Waals surface area contributed by atoms with Gasteiger partial charge in [0.2, 0.25) is 5.91 Å². The van der Waals surface area contributed by atoms with Gasteiger partial charge in [-0.15, -0.1) is 0 Å². The van der Waals surface area contributed by atoms with Crippen LogP contribution in [0.5, 0.6) is 0 Å². The summed E-state index contributed by atoms with van der Waals surface area (Å²) in [6.45, 7) is -0.357. The van der Waals surface area contributed by atoms with Gasteiger partial charge in [0.25, 0.3) is 0 Å². The van der Waals surface area contributed by atoms with Crippen molar-refractivity contribution in [1.29, 1.82) is 0 Å². The Balaban J connectivity index is 1.62. The van der Waals surface area contributed by atoms with E-state index in [9.17, 15) is 31.5 Å². The predicted molar refractivity (Wildman–Crippen MR) is 91.0 cm³/mol. The maximum Gasteiger partial charge on any atom is 0.389 e. The summed E-state index contributed by atoms with van der Waals surface area (Å²) >= 11 is 0. The van der Waals surface area contributed by atoms with E-state index in [2.05, 4.69) is 5.32 Å². The van der Waals surface area contributed by atoms with Crippen LogP contribution in [0.4, 0.5) is 17.6 Å². The molecule has 1 aliphatic heterocycles. The van der Waals surface area contributed by atoms with E-state index in [1.807, 2.05) is 0 Å². The molecule has 3 rings (SSSR count). The number of rotatable bonds is 5. The van der Waals surface area contributed by atoms with Crippen LogP contribution < -0.4 is 10.0 Å². The zero-order valence-electron chi connectivity index (χ0n) is 15.2. The van der Waals surface area contributed by atoms with Crippen LogP contribution in [0, 0.1) is 11.8 Å². The van der Waals surface area contributed by atoms with Crippen LogP contribution >= 0.6 is 0 Å². The van der Waals surface area contributed by atoms with Crippen molar-refractivity contribution in [2.24, 2.45) is 11.8 Å². The molecule has 6 atom stereocenters. The lowest BCUT2D eigenvalue weighted by atomic mass is 9.66. The van der Waals surface area contributed by atoms with Gasteiger partial charge in [0.1, 0.15) is 6.17 Å². The molecule has 5 unspecified atom stereocenters. The average Bonchev–Trinajstić information content (AvgIpc) is 2.83. The number of hydrogen-bond donors (Lipinski definition) is 3. The van der Waals surface area contributed by atoms with Crippen LogP contribution in [0.3, 0.4) is 0 Å². The van der Waals surface area contributed by atoms with Gasteiger partial charge in [-0.3, -0.25) is 4.79 Å². The fraction of sp³-hybridized carbons (Fsp3) is 0.938. The normalized spacial score (nSPS) is 38.8. The molecule has 2 saturated carbocycles. The minimum atomic E-state index is -4.21. The number of carbonyl (C=O) groups is 1. The first-order valence-electron chi connectivity index (χ1n) is 9.42. The van der Waals surface area contributed by atoms with Crippen LogP contribution in [0.2, 0.25) is 0 Å². The highest BCUT2D eigenvalue weighted by Crippen LogP contribution is 2.44. The molecule has 0 aromatic heterocycles. The Kier molecular flexibility index (Phi) is 6.23. The van der Waals surface area contributed by atoms with E-state index >= 15 is 4.39 Å². The van der Waals surface area contributed by atoms with Gasteiger partial charge in [-0.1, -0.05) is 0 Å². The molecule has 7 nitrogen and oxygen atoms in total. The Labute approximate surface area is 161 Å². The molecule has 3 N–H and O–H groups in total. The quantitative estimate of drug-likeness (QED) is 0.443. The highest BCUT2D eigenvalue weighted by molar-refractivity contribution is 7.88. The van der Waals surface area contributed by atoms with Gasteiger partial charge in [0.05, 0.1) is 18.7 Å². The second kappa shape index (κ2) is 8.04. The molecule has 3 aliphatic rings. The lowest BCUT2D eigenvalue weighted by molar-refractivity contribution is -0.135. The second-order valence-electron chi connectivity index (χ2n) is 7.92. The molecular weight excluding hydrogens is 406 g/mol. The van der Waals surface area contributed by atoms with Crippen LogP contribution in [-0.4, -0.2) is 67.4 Å². The summed E-state index contributed by atoms with van der Waals surface area (Å²) in [5, 5.41) is 13.4. The third-order valence-corrected chi connectivity index (χ3v) is 7.45. The van der Waals surface area contributed by atoms with E-state index in [4.69, 9.17) is 0 Å². The van der Waals surface area contributed by atoms with E-state index in [1.165, 1.54) is 0 Å². The standard InChI is InChI=1S/C16H25F4N3O4S/c17-14-11-7-10(21-5-1-4-16(18,19)20)3-2-9(11)6-12(24)15(14)23-8-13(25)22-28(23,26)27/h9-12,14-15,21,24H,1-8H2,(H,22,25)/t9?,10-,11?,12?,14?,15?/m0/s1. The number of hydrogen-bond acceptors (Lipinski definition) is 5. The van der Waals surface area contributed by atoms with Crippen molar-refractivity contribution < 1.29 is 35.9 Å². The molecule has 1 saturated heterocycles. The molecule has 12 heteroatoms. The van der Waals surface area contributed by atoms with Gasteiger partial charge in [-0.2, -0.15) is 25.9 Å². The maximum atomic E-state index is 15.3. The number of carbonyl (C=O) groups excluding carboxylic acids is 1. The predicted octanol–water partition coefficient (Wildman–Crippen LogP) is 0.851. The Morgan fingerprint density at radius 2 is 1.96 bits per heavy atom. The zero-order valence-corrected chi connectivity index (χ0v) is 16.0. The molecule has 28 heavy (non-hydrogen) atoms. The van der Waals surface area contributed by atoms with Crippen molar-refractivity contribution in [3.63, 3.8) is 0 Å². The Morgan fingerprint density at radius 3 is 2.57 bits per heavy atom. The Hall–Kier alpha value is -0.980. The van der Waals surface area contributed by atoms with Crippen molar-refractivity contribution in [2.45, 2.75) is 69.1 Å². The van der Waals surface area contributed by atoms with Crippen molar-refractivity contribution >= 4 is 16.1 Å². The molecule has 2 aliphatic carbocycles. The van der Waals surface area contributed by atoms with E-state index in [0.29, 0.717) is 23.6 Å². The zero-order chi connectivity index (χ0) is 20.7. The number of halogens is 4. The van der Waals surface area contributed by atoms with E-state index < -0.39 is 59.5 Å². The summed E-state index contributed by atoms with van der Waals surface area (Å²) in [7, 11) is -4.17. The number of aliphatic hydroxyl groups is 1. The molecule has 0 bridgehead atoms. The fourth-order valence-corrected chi connectivity index (χ4v) is 6.06. The summed E-state index contributed by atoms with van der Waals surface area (Å²) in [5.41, 5.74) is 0. The lowest BCUT2D eigenvalue weighted by Gasteiger charge is -2.48. The van der Waals surface area contributed by atoms with Gasteiger partial charge in [0, 0.05) is 12.5 Å². The van der Waals surface area contributed by atoms with Crippen LogP contribution in [0.15, 0.2) is 0 Å². The van der Waals surface area contributed by atoms with Crippen molar-refractivity contribution in [2.75, 3.05) is 13.1 Å². The highest BCUT2D eigenvalue weighted by atomic mass is 32.2. The average molecular weight is 431 g/mol. The first-order chi connectivity index (χ1) is 13.0. The Morgan fingerprint density at radius 1 is 1.25 bits per heavy atom. The number of aliphatic hydroxyl groups excluding tert-OH is 1. The maximum absolute atomic E-state index is 15.3. The molecule has 3 fully saturated rings. The summed E-state index contributed by atoms with van der Waals surface area (Å²) in [6, 6.07) is -1.49. The van der Waals surface area contributed by atoms with E-state index in [1.54, 1.807) is 4.72 Å². The molecular formula is C16H25F4N3O4S. The van der Waals surface area contributed by atoms with Crippen molar-refractivity contribution in [3.05, 3.63) is 0 Å². The number of alkyl halides is 4. The number of nitrogens with one attached hydrogen (secondary N) is 2. The largest absolute Gasteiger partial charge is 0.391 e. The van der Waals surface area contributed by atoms with E-state index in [0.717, 1.165) is 0 Å². The smallest absolute Gasteiger partial charge is 0.389 e. The summed E-state index contributed by atoms with van der Waals surface area (Å²) in [5.74, 6) is -1.41. The molecule has 0 aromatic carbocycles. The van der Waals surface area contributed by atoms with Gasteiger partial charge in [-0.05, 0) is 50.5 Å². The van der Waals surface area contributed by atoms with Gasteiger partial charge >= 0.3 is 16.4 Å². The fourth-order valence-electron chi connectivity index (χ4n) is 4.72. The van der Waals surface area contributed by atoms with Crippen LogP contribution in [0.25, 0.3) is 0 Å².